The second-order valence-corrected chi connectivity index (χ2v) is 9.01. The molecule has 5 nitrogen and oxygen atoms in total. The van der Waals surface area contributed by atoms with Crippen LogP contribution >= 0.6 is 11.6 Å². The van der Waals surface area contributed by atoms with Crippen LogP contribution in [0.1, 0.15) is 24.0 Å². The summed E-state index contributed by atoms with van der Waals surface area (Å²) < 4.78 is 27.8. The number of sulfonamides is 1. The van der Waals surface area contributed by atoms with Crippen molar-refractivity contribution in [3.8, 4) is 0 Å². The zero-order valence-electron chi connectivity index (χ0n) is 15.6. The first-order valence-electron chi connectivity index (χ1n) is 9.16. The summed E-state index contributed by atoms with van der Waals surface area (Å²) in [5, 5.41) is 0.593. The molecule has 0 spiro atoms. The minimum absolute atomic E-state index is 0.0974. The van der Waals surface area contributed by atoms with E-state index in [2.05, 4.69) is 4.72 Å². The zero-order valence-corrected chi connectivity index (χ0v) is 17.2. The Morgan fingerprint density at radius 1 is 1.11 bits per heavy atom. The smallest absolute Gasteiger partial charge is 0.246 e. The first kappa shape index (κ1) is 20.6. The van der Waals surface area contributed by atoms with E-state index in [1.165, 1.54) is 6.08 Å². The Labute approximate surface area is 171 Å². The molecule has 1 N–H and O–H groups in total. The number of rotatable bonds is 5. The highest BCUT2D eigenvalue weighted by Crippen LogP contribution is 2.18. The lowest BCUT2D eigenvalue weighted by molar-refractivity contribution is -0.126. The van der Waals surface area contributed by atoms with Gasteiger partial charge in [0.25, 0.3) is 0 Å². The minimum atomic E-state index is -3.55. The van der Waals surface area contributed by atoms with Gasteiger partial charge in [-0.25, -0.2) is 13.1 Å². The number of benzene rings is 2. The number of carbonyl (C=O) groups excluding carboxylic acids is 1. The molecule has 0 bridgehead atoms. The van der Waals surface area contributed by atoms with Gasteiger partial charge < -0.3 is 4.90 Å². The summed E-state index contributed by atoms with van der Waals surface area (Å²) in [7, 11) is -3.55. The van der Waals surface area contributed by atoms with Gasteiger partial charge in [-0.2, -0.15) is 0 Å². The van der Waals surface area contributed by atoms with E-state index >= 15 is 0 Å². The number of halogens is 1. The molecule has 0 unspecified atom stereocenters. The Morgan fingerprint density at radius 2 is 1.75 bits per heavy atom. The van der Waals surface area contributed by atoms with Gasteiger partial charge in [0.2, 0.25) is 15.9 Å². The van der Waals surface area contributed by atoms with E-state index in [0.29, 0.717) is 31.0 Å². The fraction of sp³-hybridized carbons (Fsp3) is 0.286. The molecule has 0 atom stereocenters. The zero-order chi connectivity index (χ0) is 20.1. The third-order valence-electron chi connectivity index (χ3n) is 4.77. The highest BCUT2D eigenvalue weighted by molar-refractivity contribution is 7.89. The topological polar surface area (TPSA) is 66.5 Å². The van der Waals surface area contributed by atoms with Gasteiger partial charge in [-0.3, -0.25) is 4.79 Å². The van der Waals surface area contributed by atoms with Gasteiger partial charge in [-0.05, 0) is 49.6 Å². The van der Waals surface area contributed by atoms with Gasteiger partial charge >= 0.3 is 0 Å². The lowest BCUT2D eigenvalue weighted by Crippen LogP contribution is -2.46. The minimum Gasteiger partial charge on any atom is -0.339 e. The predicted molar refractivity (Wildman–Crippen MR) is 112 cm³/mol. The van der Waals surface area contributed by atoms with E-state index in [1.807, 2.05) is 25.1 Å². The van der Waals surface area contributed by atoms with Crippen molar-refractivity contribution >= 4 is 33.6 Å². The summed E-state index contributed by atoms with van der Waals surface area (Å²) in [5.41, 5.74) is 1.80. The highest BCUT2D eigenvalue weighted by atomic mass is 35.5. The fourth-order valence-corrected chi connectivity index (χ4v) is 4.60. The number of nitrogens with one attached hydrogen (secondary N) is 1. The molecule has 28 heavy (non-hydrogen) atoms. The monoisotopic (exact) mass is 418 g/mol. The van der Waals surface area contributed by atoms with Crippen LogP contribution in [0.3, 0.4) is 0 Å². The van der Waals surface area contributed by atoms with Crippen LogP contribution in [0.5, 0.6) is 0 Å². The number of carbonyl (C=O) groups is 1. The maximum atomic E-state index is 12.5. The SMILES string of the molecule is Cc1ccc(S(=O)(=O)NC2CCN(C(=O)/C=C/c3ccccc3Cl)CC2)cc1. The lowest BCUT2D eigenvalue weighted by atomic mass is 10.1. The van der Waals surface area contributed by atoms with Gasteiger partial charge in [0.15, 0.2) is 0 Å². The number of hydrogen-bond acceptors (Lipinski definition) is 3. The third-order valence-corrected chi connectivity index (χ3v) is 6.65. The molecule has 0 radical (unpaired) electrons. The summed E-state index contributed by atoms with van der Waals surface area (Å²) in [4.78, 5) is 14.4. The van der Waals surface area contributed by atoms with E-state index in [1.54, 1.807) is 41.3 Å². The molecular formula is C21H23ClN2O3S. The van der Waals surface area contributed by atoms with Crippen molar-refractivity contribution in [2.24, 2.45) is 0 Å². The van der Waals surface area contributed by atoms with Gasteiger partial charge in [0.05, 0.1) is 4.90 Å². The predicted octanol–water partition coefficient (Wildman–Crippen LogP) is 3.63. The van der Waals surface area contributed by atoms with Crippen LogP contribution in [0.4, 0.5) is 0 Å². The molecule has 1 fully saturated rings. The quantitative estimate of drug-likeness (QED) is 0.754. The van der Waals surface area contributed by atoms with Gasteiger partial charge in [-0.1, -0.05) is 47.5 Å². The Morgan fingerprint density at radius 3 is 2.39 bits per heavy atom. The summed E-state index contributed by atoms with van der Waals surface area (Å²) in [6, 6.07) is 13.9. The maximum Gasteiger partial charge on any atom is 0.246 e. The van der Waals surface area contributed by atoms with Crippen molar-refractivity contribution in [1.29, 1.82) is 0 Å². The number of aryl methyl sites for hydroxylation is 1. The molecule has 0 aromatic heterocycles. The van der Waals surface area contributed by atoms with Crippen molar-refractivity contribution < 1.29 is 13.2 Å². The summed E-state index contributed by atoms with van der Waals surface area (Å²) in [5.74, 6) is -0.0974. The van der Waals surface area contributed by atoms with Crippen LogP contribution in [0.2, 0.25) is 5.02 Å². The average molecular weight is 419 g/mol. The first-order chi connectivity index (χ1) is 13.3. The Kier molecular flexibility index (Phi) is 6.54. The molecular weight excluding hydrogens is 396 g/mol. The van der Waals surface area contributed by atoms with Crippen molar-refractivity contribution in [3.05, 3.63) is 70.8 Å². The number of nitrogens with zero attached hydrogens (tertiary/aromatic N) is 1. The van der Waals surface area contributed by atoms with Crippen LogP contribution < -0.4 is 4.72 Å². The Bertz CT molecular complexity index is 963. The molecule has 2 aromatic rings. The molecule has 0 saturated carbocycles. The molecule has 1 aliphatic rings. The van der Waals surface area contributed by atoms with E-state index in [-0.39, 0.29) is 16.8 Å². The maximum absolute atomic E-state index is 12.5. The fourth-order valence-electron chi connectivity index (χ4n) is 3.10. The molecule has 1 aliphatic heterocycles. The Balaban J connectivity index is 1.55. The molecule has 2 aromatic carbocycles. The van der Waals surface area contributed by atoms with Crippen LogP contribution in [0.15, 0.2) is 59.5 Å². The van der Waals surface area contributed by atoms with Crippen LogP contribution in [0, 0.1) is 6.92 Å². The molecule has 3 rings (SSSR count). The van der Waals surface area contributed by atoms with Crippen LogP contribution in [-0.2, 0) is 14.8 Å². The molecule has 1 heterocycles. The third kappa shape index (κ3) is 5.22. The van der Waals surface area contributed by atoms with Crippen molar-refractivity contribution in [3.63, 3.8) is 0 Å². The van der Waals surface area contributed by atoms with Crippen LogP contribution in [0.25, 0.3) is 6.08 Å². The largest absolute Gasteiger partial charge is 0.339 e. The number of hydrogen-bond donors (Lipinski definition) is 1. The van der Waals surface area contributed by atoms with Crippen LogP contribution in [-0.4, -0.2) is 38.4 Å². The molecule has 0 aliphatic carbocycles. The molecule has 7 heteroatoms. The van der Waals surface area contributed by atoms with Gasteiger partial charge in [0, 0.05) is 30.2 Å². The first-order valence-corrected chi connectivity index (χ1v) is 11.0. The van der Waals surface area contributed by atoms with E-state index in [4.69, 9.17) is 11.6 Å². The summed E-state index contributed by atoms with van der Waals surface area (Å²) in [6.45, 7) is 2.93. The summed E-state index contributed by atoms with van der Waals surface area (Å²) >= 11 is 6.09. The average Bonchev–Trinajstić information content (AvgIpc) is 2.68. The highest BCUT2D eigenvalue weighted by Gasteiger charge is 2.26. The molecule has 1 amide bonds. The normalized spacial score (nSPS) is 15.9. The van der Waals surface area contributed by atoms with E-state index in [9.17, 15) is 13.2 Å². The standard InChI is InChI=1S/C21H23ClN2O3S/c1-16-6-9-19(10-7-16)28(26,27)23-18-12-14-24(15-13-18)21(25)11-8-17-4-2-3-5-20(17)22/h2-11,18,23H,12-15H2,1H3/b11-8+. The van der Waals surface area contributed by atoms with Gasteiger partial charge in [-0.15, -0.1) is 0 Å². The second kappa shape index (κ2) is 8.90. The van der Waals surface area contributed by atoms with Gasteiger partial charge in [0.1, 0.15) is 0 Å². The summed E-state index contributed by atoms with van der Waals surface area (Å²) in [6.07, 6.45) is 4.38. The number of amides is 1. The Hall–Kier alpha value is -2.15. The van der Waals surface area contributed by atoms with E-state index < -0.39 is 10.0 Å². The van der Waals surface area contributed by atoms with Crippen molar-refractivity contribution in [2.45, 2.75) is 30.7 Å². The lowest BCUT2D eigenvalue weighted by Gasteiger charge is -2.31. The molecule has 148 valence electrons. The van der Waals surface area contributed by atoms with Crippen molar-refractivity contribution in [1.82, 2.24) is 9.62 Å². The number of piperidine rings is 1. The molecule has 1 saturated heterocycles. The van der Waals surface area contributed by atoms with E-state index in [0.717, 1.165) is 11.1 Å². The van der Waals surface area contributed by atoms with Crippen molar-refractivity contribution in [2.75, 3.05) is 13.1 Å². The second-order valence-electron chi connectivity index (χ2n) is 6.89. The number of likely N-dealkylation sites (tertiary alicyclic amines) is 1.